The molecule has 16 heavy (non-hydrogen) atoms. The lowest BCUT2D eigenvalue weighted by Crippen LogP contribution is -2.14. The Morgan fingerprint density at radius 1 is 1.38 bits per heavy atom. The largest absolute Gasteiger partial charge is 0.395 e. The molecule has 0 radical (unpaired) electrons. The Morgan fingerprint density at radius 3 is 2.31 bits per heavy atom. The monoisotopic (exact) mass is 236 g/mol. The molecule has 0 bridgehead atoms. The van der Waals surface area contributed by atoms with E-state index < -0.39 is 0 Å². The van der Waals surface area contributed by atoms with E-state index in [0.29, 0.717) is 11.2 Å². The molecule has 2 heteroatoms. The van der Waals surface area contributed by atoms with Gasteiger partial charge in [0.05, 0.1) is 6.61 Å². The minimum absolute atomic E-state index is 0.0705. The first-order valence-corrected chi connectivity index (χ1v) is 6.84. The number of hydrogen-bond acceptors (Lipinski definition) is 2. The lowest BCUT2D eigenvalue weighted by Gasteiger charge is -2.14. The molecule has 1 nitrogen and oxygen atoms in total. The van der Waals surface area contributed by atoms with Crippen LogP contribution in [0.3, 0.4) is 0 Å². The summed E-state index contributed by atoms with van der Waals surface area (Å²) < 4.78 is 0. The molecule has 0 aromatic heterocycles. The molecule has 0 saturated heterocycles. The smallest absolute Gasteiger partial charge is 0.0530 e. The highest BCUT2D eigenvalue weighted by Gasteiger charge is 2.51. The van der Waals surface area contributed by atoms with E-state index in [1.807, 2.05) is 11.8 Å². The first-order valence-electron chi connectivity index (χ1n) is 5.96. The summed E-state index contributed by atoms with van der Waals surface area (Å²) in [5.74, 6) is 0.626. The maximum atomic E-state index is 9.49. The van der Waals surface area contributed by atoms with Crippen LogP contribution in [0.1, 0.15) is 32.8 Å². The van der Waals surface area contributed by atoms with Crippen LogP contribution in [0.5, 0.6) is 0 Å². The maximum Gasteiger partial charge on any atom is 0.0530 e. The molecule has 1 aromatic rings. The lowest BCUT2D eigenvalue weighted by molar-refractivity contribution is 0.247. The predicted molar refractivity (Wildman–Crippen MR) is 70.0 cm³/mol. The van der Waals surface area contributed by atoms with Crippen LogP contribution in [0.2, 0.25) is 0 Å². The van der Waals surface area contributed by atoms with E-state index in [1.165, 1.54) is 10.5 Å². The third-order valence-corrected chi connectivity index (χ3v) is 4.55. The van der Waals surface area contributed by atoms with Gasteiger partial charge in [-0.1, -0.05) is 32.9 Å². The van der Waals surface area contributed by atoms with E-state index in [1.54, 1.807) is 0 Å². The topological polar surface area (TPSA) is 20.2 Å². The summed E-state index contributed by atoms with van der Waals surface area (Å²) in [6.07, 6.45) is 1.13. The Labute approximate surface area is 102 Å². The van der Waals surface area contributed by atoms with Gasteiger partial charge in [-0.15, -0.1) is 11.8 Å². The van der Waals surface area contributed by atoms with Crippen LogP contribution in [-0.4, -0.2) is 17.0 Å². The third kappa shape index (κ3) is 2.14. The zero-order valence-electron chi connectivity index (χ0n) is 10.2. The second kappa shape index (κ2) is 4.42. The summed E-state index contributed by atoms with van der Waals surface area (Å²) in [6, 6.07) is 8.74. The van der Waals surface area contributed by atoms with Gasteiger partial charge in [-0.25, -0.2) is 0 Å². The molecular weight excluding hydrogens is 216 g/mol. The van der Waals surface area contributed by atoms with E-state index in [9.17, 15) is 5.11 Å². The second-order valence-electron chi connectivity index (χ2n) is 5.11. The van der Waals surface area contributed by atoms with Gasteiger partial charge in [0.25, 0.3) is 0 Å². The predicted octanol–water partition coefficient (Wildman–Crippen LogP) is 3.46. The SMILES string of the molecule is CC(C)Sc1ccc(C2(CO)CC2C)cc1. The van der Waals surface area contributed by atoms with Crippen molar-refractivity contribution in [2.45, 2.75) is 42.8 Å². The van der Waals surface area contributed by atoms with Crippen molar-refractivity contribution in [1.29, 1.82) is 0 Å². The minimum Gasteiger partial charge on any atom is -0.395 e. The van der Waals surface area contributed by atoms with Crippen molar-refractivity contribution >= 4 is 11.8 Å². The van der Waals surface area contributed by atoms with Crippen molar-refractivity contribution in [2.24, 2.45) is 5.92 Å². The molecule has 1 N–H and O–H groups in total. The van der Waals surface area contributed by atoms with Gasteiger partial charge in [-0.3, -0.25) is 0 Å². The van der Waals surface area contributed by atoms with Crippen LogP contribution in [0.25, 0.3) is 0 Å². The summed E-state index contributed by atoms with van der Waals surface area (Å²) >= 11 is 1.88. The van der Waals surface area contributed by atoms with Gasteiger partial charge >= 0.3 is 0 Å². The molecule has 0 amide bonds. The Bertz CT molecular complexity index is 354. The Hall–Kier alpha value is -0.470. The molecule has 1 aromatic carbocycles. The quantitative estimate of drug-likeness (QED) is 0.808. The molecule has 2 atom stereocenters. The van der Waals surface area contributed by atoms with Crippen molar-refractivity contribution < 1.29 is 5.11 Å². The standard InChI is InChI=1S/C14H20OS/c1-10(2)16-13-6-4-12(5-7-13)14(9-15)8-11(14)3/h4-7,10-11,15H,8-9H2,1-3H3. The average molecular weight is 236 g/mol. The summed E-state index contributed by atoms with van der Waals surface area (Å²) in [7, 11) is 0. The third-order valence-electron chi connectivity index (χ3n) is 3.54. The number of hydrogen-bond donors (Lipinski definition) is 1. The number of aliphatic hydroxyl groups is 1. The normalized spacial score (nSPS) is 28.4. The van der Waals surface area contributed by atoms with Crippen LogP contribution in [0, 0.1) is 5.92 Å². The zero-order chi connectivity index (χ0) is 11.8. The van der Waals surface area contributed by atoms with E-state index in [-0.39, 0.29) is 12.0 Å². The van der Waals surface area contributed by atoms with Gasteiger partial charge in [0.1, 0.15) is 0 Å². The van der Waals surface area contributed by atoms with Crippen molar-refractivity contribution in [3.05, 3.63) is 29.8 Å². The first-order chi connectivity index (χ1) is 7.58. The Kier molecular flexibility index (Phi) is 3.32. The number of rotatable bonds is 4. The molecule has 2 unspecified atom stereocenters. The number of aliphatic hydroxyl groups excluding tert-OH is 1. The summed E-state index contributed by atoms with van der Waals surface area (Å²) in [4.78, 5) is 1.32. The molecule has 0 aliphatic heterocycles. The zero-order valence-corrected chi connectivity index (χ0v) is 11.1. The highest BCUT2D eigenvalue weighted by molar-refractivity contribution is 7.99. The lowest BCUT2D eigenvalue weighted by atomic mass is 9.95. The van der Waals surface area contributed by atoms with Crippen molar-refractivity contribution in [3.8, 4) is 0 Å². The highest BCUT2D eigenvalue weighted by atomic mass is 32.2. The Morgan fingerprint density at radius 2 is 1.94 bits per heavy atom. The molecule has 1 saturated carbocycles. The average Bonchev–Trinajstić information content (AvgIpc) is 2.91. The number of benzene rings is 1. The summed E-state index contributed by atoms with van der Waals surface area (Å²) in [5.41, 5.74) is 1.37. The summed E-state index contributed by atoms with van der Waals surface area (Å²) in [6.45, 7) is 6.91. The molecule has 1 aliphatic carbocycles. The first kappa shape index (κ1) is 12.0. The van der Waals surface area contributed by atoms with Crippen molar-refractivity contribution in [3.63, 3.8) is 0 Å². The van der Waals surface area contributed by atoms with Gasteiger partial charge in [0, 0.05) is 15.6 Å². The van der Waals surface area contributed by atoms with Gasteiger partial charge in [-0.05, 0) is 30.0 Å². The fourth-order valence-electron chi connectivity index (χ4n) is 2.34. The fraction of sp³-hybridized carbons (Fsp3) is 0.571. The van der Waals surface area contributed by atoms with Gasteiger partial charge in [0.15, 0.2) is 0 Å². The van der Waals surface area contributed by atoms with Crippen LogP contribution >= 0.6 is 11.8 Å². The molecule has 1 aliphatic rings. The molecular formula is C14H20OS. The molecule has 2 rings (SSSR count). The maximum absolute atomic E-state index is 9.49. The van der Waals surface area contributed by atoms with Gasteiger partial charge in [0.2, 0.25) is 0 Å². The molecule has 0 spiro atoms. The van der Waals surface area contributed by atoms with E-state index in [2.05, 4.69) is 45.0 Å². The van der Waals surface area contributed by atoms with Crippen LogP contribution < -0.4 is 0 Å². The molecule has 1 fully saturated rings. The number of thioether (sulfide) groups is 1. The van der Waals surface area contributed by atoms with E-state index in [0.717, 1.165) is 6.42 Å². The van der Waals surface area contributed by atoms with Crippen LogP contribution in [0.15, 0.2) is 29.2 Å². The van der Waals surface area contributed by atoms with Crippen molar-refractivity contribution in [1.82, 2.24) is 0 Å². The van der Waals surface area contributed by atoms with Gasteiger partial charge in [-0.2, -0.15) is 0 Å². The van der Waals surface area contributed by atoms with E-state index >= 15 is 0 Å². The summed E-state index contributed by atoms with van der Waals surface area (Å²) in [5, 5.41) is 10.1. The second-order valence-corrected chi connectivity index (χ2v) is 6.76. The minimum atomic E-state index is 0.0705. The van der Waals surface area contributed by atoms with E-state index in [4.69, 9.17) is 0 Å². The van der Waals surface area contributed by atoms with Crippen LogP contribution in [-0.2, 0) is 5.41 Å². The van der Waals surface area contributed by atoms with Crippen molar-refractivity contribution in [2.75, 3.05) is 6.61 Å². The Balaban J connectivity index is 2.14. The highest BCUT2D eigenvalue weighted by Crippen LogP contribution is 2.53. The van der Waals surface area contributed by atoms with Gasteiger partial charge < -0.3 is 5.11 Å². The van der Waals surface area contributed by atoms with Crippen LogP contribution in [0.4, 0.5) is 0 Å². The molecule has 0 heterocycles. The fourth-order valence-corrected chi connectivity index (χ4v) is 3.18. The molecule has 88 valence electrons.